The first kappa shape index (κ1) is 17.4. The number of rotatable bonds is 2. The van der Waals surface area contributed by atoms with E-state index in [1.54, 1.807) is 11.3 Å². The molecule has 1 fully saturated rings. The van der Waals surface area contributed by atoms with Crippen LogP contribution in [-0.4, -0.2) is 34.6 Å². The molecular formula is C21H25N3OS. The summed E-state index contributed by atoms with van der Waals surface area (Å²) in [5.74, 6) is 0.838. The maximum absolute atomic E-state index is 13.5. The van der Waals surface area contributed by atoms with Crippen molar-refractivity contribution in [2.24, 2.45) is 0 Å². The molecule has 1 saturated heterocycles. The highest BCUT2D eigenvalue weighted by molar-refractivity contribution is 7.17. The van der Waals surface area contributed by atoms with Crippen molar-refractivity contribution < 1.29 is 0 Å². The Labute approximate surface area is 158 Å². The van der Waals surface area contributed by atoms with E-state index in [0.29, 0.717) is 0 Å². The number of aryl methyl sites for hydroxylation is 3. The van der Waals surface area contributed by atoms with Crippen LogP contribution in [0.3, 0.4) is 0 Å². The number of nitrogens with zero attached hydrogens (tertiary/aromatic N) is 3. The van der Waals surface area contributed by atoms with Crippen LogP contribution in [0.1, 0.15) is 35.8 Å². The third kappa shape index (κ3) is 2.89. The van der Waals surface area contributed by atoms with E-state index >= 15 is 0 Å². The molecule has 0 saturated carbocycles. The second kappa shape index (κ2) is 6.63. The molecular weight excluding hydrogens is 342 g/mol. The first-order valence-electron chi connectivity index (χ1n) is 9.22. The molecule has 0 atom stereocenters. The molecule has 0 bridgehead atoms. The van der Waals surface area contributed by atoms with E-state index in [1.807, 2.05) is 11.5 Å². The van der Waals surface area contributed by atoms with Gasteiger partial charge in [-0.1, -0.05) is 18.2 Å². The lowest BCUT2D eigenvalue weighted by Crippen LogP contribution is -2.36. The molecule has 5 heteroatoms. The van der Waals surface area contributed by atoms with Crippen LogP contribution in [0.15, 0.2) is 28.4 Å². The lowest BCUT2D eigenvalue weighted by Gasteiger charge is -2.31. The van der Waals surface area contributed by atoms with Crippen LogP contribution < -0.4 is 5.56 Å². The summed E-state index contributed by atoms with van der Waals surface area (Å²) in [5, 5.41) is 2.87. The third-order valence-corrected chi connectivity index (χ3v) is 6.56. The van der Waals surface area contributed by atoms with Crippen LogP contribution in [0, 0.1) is 20.8 Å². The zero-order valence-corrected chi connectivity index (χ0v) is 16.7. The first-order valence-corrected chi connectivity index (χ1v) is 10.1. The summed E-state index contributed by atoms with van der Waals surface area (Å²) in [6, 6.07) is 6.67. The van der Waals surface area contributed by atoms with Crippen molar-refractivity contribution in [2.75, 3.05) is 20.1 Å². The van der Waals surface area contributed by atoms with Crippen molar-refractivity contribution in [1.29, 1.82) is 0 Å². The number of benzene rings is 1. The SMILES string of the molecule is Cc1ccc(-c2csc3nc(C)n(C4CCN(C)CC4)c(=O)c23)cc1C. The van der Waals surface area contributed by atoms with Crippen molar-refractivity contribution >= 4 is 21.6 Å². The summed E-state index contributed by atoms with van der Waals surface area (Å²) in [6.45, 7) is 8.26. The van der Waals surface area contributed by atoms with Crippen LogP contribution >= 0.6 is 11.3 Å². The molecule has 1 aliphatic rings. The second-order valence-corrected chi connectivity index (χ2v) is 8.36. The molecule has 0 spiro atoms. The minimum absolute atomic E-state index is 0.122. The van der Waals surface area contributed by atoms with Gasteiger partial charge in [-0.15, -0.1) is 11.3 Å². The van der Waals surface area contributed by atoms with Crippen LogP contribution in [-0.2, 0) is 0 Å². The predicted octanol–water partition coefficient (Wildman–Crippen LogP) is 4.32. The first-order chi connectivity index (χ1) is 12.5. The number of fused-ring (bicyclic) bond motifs is 1. The maximum Gasteiger partial charge on any atom is 0.263 e. The van der Waals surface area contributed by atoms with Crippen molar-refractivity contribution in [3.8, 4) is 11.1 Å². The number of thiophene rings is 1. The van der Waals surface area contributed by atoms with Gasteiger partial charge in [0.25, 0.3) is 5.56 Å². The van der Waals surface area contributed by atoms with Gasteiger partial charge >= 0.3 is 0 Å². The fraction of sp³-hybridized carbons (Fsp3) is 0.429. The number of hydrogen-bond donors (Lipinski definition) is 0. The average molecular weight is 368 g/mol. The van der Waals surface area contributed by atoms with Gasteiger partial charge in [-0.3, -0.25) is 9.36 Å². The molecule has 136 valence electrons. The zero-order chi connectivity index (χ0) is 18.4. The van der Waals surface area contributed by atoms with Crippen molar-refractivity contribution in [1.82, 2.24) is 14.5 Å². The molecule has 0 unspecified atom stereocenters. The van der Waals surface area contributed by atoms with Crippen molar-refractivity contribution in [3.63, 3.8) is 0 Å². The zero-order valence-electron chi connectivity index (χ0n) is 15.9. The summed E-state index contributed by atoms with van der Waals surface area (Å²) in [7, 11) is 2.14. The number of likely N-dealkylation sites (tertiary alicyclic amines) is 1. The van der Waals surface area contributed by atoms with Crippen LogP contribution in [0.5, 0.6) is 0 Å². The lowest BCUT2D eigenvalue weighted by atomic mass is 10.0. The quantitative estimate of drug-likeness (QED) is 0.677. The maximum atomic E-state index is 13.5. The Kier molecular flexibility index (Phi) is 4.45. The molecule has 1 aliphatic heterocycles. The molecule has 3 aromatic rings. The molecule has 4 nitrogen and oxygen atoms in total. The average Bonchev–Trinajstić information content (AvgIpc) is 3.03. The highest BCUT2D eigenvalue weighted by Gasteiger charge is 2.23. The molecule has 26 heavy (non-hydrogen) atoms. The Balaban J connectivity index is 1.88. The van der Waals surface area contributed by atoms with Gasteiger partial charge in [0.15, 0.2) is 0 Å². The molecule has 3 heterocycles. The van der Waals surface area contributed by atoms with E-state index in [2.05, 4.69) is 49.4 Å². The largest absolute Gasteiger partial charge is 0.306 e. The van der Waals surface area contributed by atoms with Gasteiger partial charge in [0, 0.05) is 17.0 Å². The highest BCUT2D eigenvalue weighted by Crippen LogP contribution is 2.33. The summed E-state index contributed by atoms with van der Waals surface area (Å²) in [6.07, 6.45) is 2.01. The van der Waals surface area contributed by atoms with Gasteiger partial charge in [0.2, 0.25) is 0 Å². The minimum atomic E-state index is 0.122. The smallest absolute Gasteiger partial charge is 0.263 e. The van der Waals surface area contributed by atoms with Crippen molar-refractivity contribution in [2.45, 2.75) is 39.7 Å². The Bertz CT molecular complexity index is 1030. The van der Waals surface area contributed by atoms with E-state index in [1.165, 1.54) is 11.1 Å². The number of aromatic nitrogens is 2. The number of hydrogen-bond acceptors (Lipinski definition) is 4. The topological polar surface area (TPSA) is 38.1 Å². The molecule has 0 radical (unpaired) electrons. The molecule has 0 aliphatic carbocycles. The fourth-order valence-electron chi connectivity index (χ4n) is 3.91. The Morgan fingerprint density at radius 1 is 1.12 bits per heavy atom. The molecule has 0 N–H and O–H groups in total. The van der Waals surface area contributed by atoms with E-state index < -0.39 is 0 Å². The van der Waals surface area contributed by atoms with Gasteiger partial charge in [-0.2, -0.15) is 0 Å². The highest BCUT2D eigenvalue weighted by atomic mass is 32.1. The standard InChI is InChI=1S/C21H25N3OS/c1-13-5-6-16(11-14(13)2)18-12-26-20-19(18)21(25)24(15(3)22-20)17-7-9-23(4)10-8-17/h5-6,11-12,17H,7-10H2,1-4H3. The van der Waals surface area contributed by atoms with Crippen LogP contribution in [0.4, 0.5) is 0 Å². The van der Waals surface area contributed by atoms with E-state index in [-0.39, 0.29) is 11.6 Å². The van der Waals surface area contributed by atoms with Crippen LogP contribution in [0.25, 0.3) is 21.3 Å². The van der Waals surface area contributed by atoms with Gasteiger partial charge < -0.3 is 4.90 Å². The molecule has 4 rings (SSSR count). The fourth-order valence-corrected chi connectivity index (χ4v) is 4.89. The van der Waals surface area contributed by atoms with E-state index in [9.17, 15) is 4.79 Å². The summed E-state index contributed by atoms with van der Waals surface area (Å²) >= 11 is 1.57. The predicted molar refractivity (Wildman–Crippen MR) is 109 cm³/mol. The van der Waals surface area contributed by atoms with Gasteiger partial charge in [0.05, 0.1) is 5.39 Å². The molecule has 2 aromatic heterocycles. The molecule has 0 amide bonds. The second-order valence-electron chi connectivity index (χ2n) is 7.50. The van der Waals surface area contributed by atoms with Gasteiger partial charge in [-0.25, -0.2) is 4.98 Å². The summed E-state index contributed by atoms with van der Waals surface area (Å²) in [5.41, 5.74) is 4.77. The van der Waals surface area contributed by atoms with Crippen molar-refractivity contribution in [3.05, 3.63) is 50.9 Å². The monoisotopic (exact) mass is 367 g/mol. The Morgan fingerprint density at radius 2 is 1.85 bits per heavy atom. The number of piperidine rings is 1. The normalized spacial score (nSPS) is 16.5. The molecule has 1 aromatic carbocycles. The summed E-state index contributed by atoms with van der Waals surface area (Å²) in [4.78, 5) is 21.4. The summed E-state index contributed by atoms with van der Waals surface area (Å²) < 4.78 is 1.95. The Morgan fingerprint density at radius 3 is 2.54 bits per heavy atom. The van der Waals surface area contributed by atoms with Crippen LogP contribution in [0.2, 0.25) is 0 Å². The van der Waals surface area contributed by atoms with E-state index in [4.69, 9.17) is 4.98 Å². The lowest BCUT2D eigenvalue weighted by molar-refractivity contribution is 0.216. The van der Waals surface area contributed by atoms with E-state index in [0.717, 1.165) is 53.1 Å². The van der Waals surface area contributed by atoms with Gasteiger partial charge in [0.1, 0.15) is 10.7 Å². The van der Waals surface area contributed by atoms with Gasteiger partial charge in [-0.05, 0) is 70.4 Å². The Hall–Kier alpha value is -1.98. The third-order valence-electron chi connectivity index (χ3n) is 5.69. The minimum Gasteiger partial charge on any atom is -0.306 e.